The molecule has 42 heavy (non-hydrogen) atoms. The van der Waals surface area contributed by atoms with Crippen LogP contribution in [0.25, 0.3) is 0 Å². The molecule has 0 unspecified atom stereocenters. The minimum absolute atomic E-state index is 0.126. The van der Waals surface area contributed by atoms with E-state index in [1.807, 2.05) is 0 Å². The van der Waals surface area contributed by atoms with Crippen LogP contribution in [-0.4, -0.2) is 47.4 Å². The van der Waals surface area contributed by atoms with Crippen LogP contribution in [-0.2, 0) is 19.4 Å². The van der Waals surface area contributed by atoms with E-state index in [-0.39, 0.29) is 24.7 Å². The number of benzene rings is 1. The van der Waals surface area contributed by atoms with Crippen molar-refractivity contribution in [1.82, 2.24) is 10.6 Å². The average molecular weight is 593 g/mol. The topological polar surface area (TPSA) is 151 Å². The Balaban J connectivity index is 2.00. The van der Waals surface area contributed by atoms with E-state index in [0.29, 0.717) is 24.2 Å². The highest BCUT2D eigenvalue weighted by Crippen LogP contribution is 2.12. The van der Waals surface area contributed by atoms with Crippen molar-refractivity contribution in [3.63, 3.8) is 0 Å². The van der Waals surface area contributed by atoms with Gasteiger partial charge in [-0.2, -0.15) is 10.5 Å². The molecule has 0 bridgehead atoms. The van der Waals surface area contributed by atoms with Crippen LogP contribution in [0.5, 0.6) is 0 Å². The zero-order valence-electron chi connectivity index (χ0n) is 25.2. The second-order valence-electron chi connectivity index (χ2n) is 10.9. The summed E-state index contributed by atoms with van der Waals surface area (Å²) in [6, 6.07) is 6.76. The molecule has 0 heterocycles. The SMILES string of the molecule is O=C(CCCCCCCCCCCNC(=O)c1ccc(C(=O)NCCCCCCCCCCCC(=O)OO)cc1)OO. The number of amides is 2. The van der Waals surface area contributed by atoms with Crippen LogP contribution in [0.1, 0.15) is 149 Å². The van der Waals surface area contributed by atoms with Crippen LogP contribution in [0.15, 0.2) is 24.3 Å². The van der Waals surface area contributed by atoms with Gasteiger partial charge in [-0.05, 0) is 49.9 Å². The van der Waals surface area contributed by atoms with Gasteiger partial charge < -0.3 is 20.4 Å². The summed E-state index contributed by atoms with van der Waals surface area (Å²) in [5, 5.41) is 22.3. The lowest BCUT2D eigenvalue weighted by molar-refractivity contribution is -0.234. The fourth-order valence-corrected chi connectivity index (χ4v) is 4.74. The van der Waals surface area contributed by atoms with Gasteiger partial charge in [-0.1, -0.05) is 89.9 Å². The Morgan fingerprint density at radius 2 is 0.714 bits per heavy atom. The summed E-state index contributed by atoms with van der Waals surface area (Å²) >= 11 is 0. The molecule has 0 aliphatic carbocycles. The van der Waals surface area contributed by atoms with Crippen LogP contribution in [0.2, 0.25) is 0 Å². The molecule has 0 aliphatic heterocycles. The van der Waals surface area contributed by atoms with Crippen LogP contribution in [0, 0.1) is 0 Å². The highest BCUT2D eigenvalue weighted by Gasteiger charge is 2.09. The Morgan fingerprint density at radius 1 is 0.452 bits per heavy atom. The second kappa shape index (κ2) is 25.7. The molecule has 0 radical (unpaired) electrons. The first-order chi connectivity index (χ1) is 20.5. The first-order valence-corrected chi connectivity index (χ1v) is 15.8. The lowest BCUT2D eigenvalue weighted by Gasteiger charge is -2.08. The van der Waals surface area contributed by atoms with Crippen LogP contribution in [0.4, 0.5) is 0 Å². The number of unbranched alkanes of at least 4 members (excludes halogenated alkanes) is 16. The van der Waals surface area contributed by atoms with Gasteiger partial charge in [0, 0.05) is 37.1 Å². The van der Waals surface area contributed by atoms with E-state index in [2.05, 4.69) is 20.4 Å². The molecule has 0 saturated heterocycles. The molecule has 0 saturated carbocycles. The van der Waals surface area contributed by atoms with Crippen LogP contribution in [0.3, 0.4) is 0 Å². The van der Waals surface area contributed by atoms with Crippen LogP contribution >= 0.6 is 0 Å². The number of carbonyl (C=O) groups is 4. The molecule has 0 spiro atoms. The zero-order chi connectivity index (χ0) is 30.7. The molecule has 1 rings (SSSR count). The summed E-state index contributed by atoms with van der Waals surface area (Å²) in [6.07, 6.45) is 19.3. The molecule has 0 atom stereocenters. The van der Waals surface area contributed by atoms with E-state index in [1.165, 1.54) is 0 Å². The minimum Gasteiger partial charge on any atom is -0.352 e. The van der Waals surface area contributed by atoms with Crippen LogP contribution < -0.4 is 10.6 Å². The maximum Gasteiger partial charge on any atom is 0.342 e. The van der Waals surface area contributed by atoms with Gasteiger partial charge in [-0.3, -0.25) is 9.59 Å². The third-order valence-electron chi connectivity index (χ3n) is 7.30. The highest BCUT2D eigenvalue weighted by atomic mass is 17.1. The Bertz CT molecular complexity index is 805. The van der Waals surface area contributed by atoms with Gasteiger partial charge in [0.15, 0.2) is 0 Å². The third-order valence-corrected chi connectivity index (χ3v) is 7.30. The first kappa shape index (κ1) is 37.0. The predicted octanol–water partition coefficient (Wildman–Crippen LogP) is 6.98. The molecule has 4 N–H and O–H groups in total. The monoisotopic (exact) mass is 592 g/mol. The van der Waals surface area contributed by atoms with E-state index in [9.17, 15) is 19.2 Å². The van der Waals surface area contributed by atoms with Gasteiger partial charge in [0.1, 0.15) is 0 Å². The number of hydrogen-bond donors (Lipinski definition) is 4. The van der Waals surface area contributed by atoms with Crippen molar-refractivity contribution < 1.29 is 39.5 Å². The van der Waals surface area contributed by atoms with Gasteiger partial charge >= 0.3 is 11.9 Å². The molecule has 10 nitrogen and oxygen atoms in total. The average Bonchev–Trinajstić information content (AvgIpc) is 3.01. The molecular weight excluding hydrogens is 540 g/mol. The lowest BCUT2D eigenvalue weighted by Crippen LogP contribution is -2.26. The summed E-state index contributed by atoms with van der Waals surface area (Å²) in [5.74, 6) is -1.39. The van der Waals surface area contributed by atoms with Crippen molar-refractivity contribution >= 4 is 23.8 Å². The van der Waals surface area contributed by atoms with E-state index >= 15 is 0 Å². The number of hydrogen-bond acceptors (Lipinski definition) is 8. The molecule has 0 fully saturated rings. The quantitative estimate of drug-likeness (QED) is 0.0511. The molecule has 2 amide bonds. The molecular formula is C32H52N2O8. The summed E-state index contributed by atoms with van der Waals surface area (Å²) in [7, 11) is 0. The highest BCUT2D eigenvalue weighted by molar-refractivity contribution is 5.97. The van der Waals surface area contributed by atoms with E-state index in [0.717, 1.165) is 116 Å². The van der Waals surface area contributed by atoms with Crippen molar-refractivity contribution in [2.24, 2.45) is 0 Å². The normalized spacial score (nSPS) is 10.7. The summed E-state index contributed by atoms with van der Waals surface area (Å²) in [4.78, 5) is 53.7. The van der Waals surface area contributed by atoms with Crippen molar-refractivity contribution in [2.45, 2.75) is 128 Å². The van der Waals surface area contributed by atoms with Gasteiger partial charge in [-0.25, -0.2) is 9.59 Å². The molecule has 1 aromatic carbocycles. The minimum atomic E-state index is -0.569. The standard InChI is InChI=1S/C32H52N2O8/c35-29(41-39)19-15-11-7-3-1-5-9-13-17-25-33-31(37)27-21-23-28(24-22-27)32(38)34-26-18-14-10-6-2-4-8-12-16-20-30(36)42-40/h21-24,39-40H,1-20,25-26H2,(H,33,37)(H,34,38). The first-order valence-electron chi connectivity index (χ1n) is 15.8. The van der Waals surface area contributed by atoms with Gasteiger partial charge in [-0.15, -0.1) is 0 Å². The van der Waals surface area contributed by atoms with Gasteiger partial charge in [0.25, 0.3) is 11.8 Å². The number of nitrogens with one attached hydrogen (secondary N) is 2. The maximum atomic E-state index is 12.4. The zero-order valence-corrected chi connectivity index (χ0v) is 25.2. The molecule has 0 aliphatic rings. The summed E-state index contributed by atoms with van der Waals surface area (Å²) in [5.41, 5.74) is 1.10. The largest absolute Gasteiger partial charge is 0.352 e. The van der Waals surface area contributed by atoms with E-state index in [4.69, 9.17) is 10.5 Å². The lowest BCUT2D eigenvalue weighted by atomic mass is 10.1. The van der Waals surface area contributed by atoms with Crippen molar-refractivity contribution in [1.29, 1.82) is 0 Å². The Kier molecular flexibility index (Phi) is 22.7. The predicted molar refractivity (Wildman–Crippen MR) is 161 cm³/mol. The Labute approximate surface area is 250 Å². The molecule has 238 valence electrons. The van der Waals surface area contributed by atoms with E-state index < -0.39 is 11.9 Å². The van der Waals surface area contributed by atoms with Gasteiger partial charge in [0.2, 0.25) is 0 Å². The smallest absolute Gasteiger partial charge is 0.342 e. The number of rotatable bonds is 26. The summed E-state index contributed by atoms with van der Waals surface area (Å²) < 4.78 is 0. The molecule has 1 aromatic rings. The third kappa shape index (κ3) is 20.0. The van der Waals surface area contributed by atoms with Crippen molar-refractivity contribution in [3.05, 3.63) is 35.4 Å². The fourth-order valence-electron chi connectivity index (χ4n) is 4.74. The molecule has 10 heteroatoms. The van der Waals surface area contributed by atoms with Crippen molar-refractivity contribution in [2.75, 3.05) is 13.1 Å². The van der Waals surface area contributed by atoms with E-state index in [1.54, 1.807) is 24.3 Å². The second-order valence-corrected chi connectivity index (χ2v) is 10.9. The fraction of sp³-hybridized carbons (Fsp3) is 0.688. The Morgan fingerprint density at radius 3 is 1.00 bits per heavy atom. The Hall–Kier alpha value is -2.98. The van der Waals surface area contributed by atoms with Gasteiger partial charge in [0.05, 0.1) is 0 Å². The van der Waals surface area contributed by atoms with Crippen molar-refractivity contribution in [3.8, 4) is 0 Å². The molecule has 0 aromatic heterocycles. The number of carbonyl (C=O) groups excluding carboxylic acids is 4. The summed E-state index contributed by atoms with van der Waals surface area (Å²) in [6.45, 7) is 1.26. The maximum absolute atomic E-state index is 12.4.